The maximum atomic E-state index is 13.7. The van der Waals surface area contributed by atoms with Crippen molar-refractivity contribution in [3.8, 4) is 0 Å². The summed E-state index contributed by atoms with van der Waals surface area (Å²) in [6.45, 7) is 5.32. The molecule has 0 amide bonds. The van der Waals surface area contributed by atoms with Crippen molar-refractivity contribution in [2.45, 2.75) is 45.8 Å². The van der Waals surface area contributed by atoms with E-state index in [0.717, 1.165) is 37.6 Å². The average molecular weight is 493 g/mol. The van der Waals surface area contributed by atoms with E-state index in [1.165, 1.54) is 25.3 Å². The molecule has 5 nitrogen and oxygen atoms in total. The second-order valence-corrected chi connectivity index (χ2v) is 7.00. The van der Waals surface area contributed by atoms with Gasteiger partial charge in [0.2, 0.25) is 0 Å². The monoisotopic (exact) mass is 493 g/mol. The van der Waals surface area contributed by atoms with E-state index in [1.807, 2.05) is 6.07 Å². The van der Waals surface area contributed by atoms with Crippen LogP contribution in [0.4, 0.5) is 4.39 Å². The lowest BCUT2D eigenvalue weighted by Crippen LogP contribution is -2.46. The average Bonchev–Trinajstić information content (AvgIpc) is 2.61. The Bertz CT molecular complexity index is 595. The zero-order chi connectivity index (χ0) is 18.8. The second-order valence-electron chi connectivity index (χ2n) is 7.00. The third-order valence-corrected chi connectivity index (χ3v) is 5.06. The molecule has 2 N–H and O–H groups in total. The lowest BCUT2D eigenvalue weighted by atomic mass is 9.67. The Hall–Kier alpha value is -0.930. The molecule has 0 unspecified atom stereocenters. The lowest BCUT2D eigenvalue weighted by molar-refractivity contribution is 0.0732. The summed E-state index contributed by atoms with van der Waals surface area (Å²) in [5.41, 5.74) is 1.85. The fraction of sp³-hybridized carbons (Fsp3) is 0.650. The molecule has 0 heterocycles. The van der Waals surface area contributed by atoms with E-state index in [4.69, 9.17) is 9.47 Å². The van der Waals surface area contributed by atoms with Crippen molar-refractivity contribution in [1.29, 1.82) is 0 Å². The number of nitrogens with zero attached hydrogens (tertiary/aromatic N) is 1. The van der Waals surface area contributed by atoms with Crippen LogP contribution >= 0.6 is 24.0 Å². The van der Waals surface area contributed by atoms with Crippen LogP contribution in [0, 0.1) is 11.2 Å². The highest BCUT2D eigenvalue weighted by molar-refractivity contribution is 14.0. The van der Waals surface area contributed by atoms with Crippen molar-refractivity contribution in [2.75, 3.05) is 33.9 Å². The number of ether oxygens (including phenoxy) is 2. The Morgan fingerprint density at radius 2 is 2.00 bits per heavy atom. The van der Waals surface area contributed by atoms with Gasteiger partial charge in [-0.05, 0) is 49.3 Å². The van der Waals surface area contributed by atoms with Gasteiger partial charge in [-0.3, -0.25) is 0 Å². The Labute approximate surface area is 179 Å². The molecule has 0 saturated heterocycles. The van der Waals surface area contributed by atoms with E-state index in [0.29, 0.717) is 17.5 Å². The van der Waals surface area contributed by atoms with Crippen molar-refractivity contribution < 1.29 is 13.9 Å². The zero-order valence-electron chi connectivity index (χ0n) is 16.6. The standard InChI is InChI=1S/C20H32FN3O2.HI/c1-4-22-19(24-15-20(8-5-9-20)10-11-25-2)23-13-16-6-7-18(21)17(12-16)14-26-3;/h6-7,12H,4-5,8-11,13-15H2,1-3H3,(H2,22,23,24);1H. The van der Waals surface area contributed by atoms with Crippen LogP contribution < -0.4 is 10.6 Å². The van der Waals surface area contributed by atoms with Gasteiger partial charge in [-0.1, -0.05) is 12.5 Å². The van der Waals surface area contributed by atoms with Gasteiger partial charge in [-0.2, -0.15) is 0 Å². The Morgan fingerprint density at radius 3 is 2.59 bits per heavy atom. The molecule has 0 aromatic heterocycles. The molecule has 2 rings (SSSR count). The molecule has 1 aromatic carbocycles. The fourth-order valence-corrected chi connectivity index (χ4v) is 3.29. The zero-order valence-corrected chi connectivity index (χ0v) is 19.0. The third-order valence-electron chi connectivity index (χ3n) is 5.06. The molecular weight excluding hydrogens is 460 g/mol. The van der Waals surface area contributed by atoms with Gasteiger partial charge in [0.05, 0.1) is 13.2 Å². The van der Waals surface area contributed by atoms with Gasteiger partial charge in [0, 0.05) is 39.5 Å². The smallest absolute Gasteiger partial charge is 0.191 e. The molecule has 27 heavy (non-hydrogen) atoms. The van der Waals surface area contributed by atoms with Gasteiger partial charge in [0.15, 0.2) is 5.96 Å². The van der Waals surface area contributed by atoms with Crippen LogP contribution in [0.5, 0.6) is 0 Å². The molecule has 154 valence electrons. The maximum Gasteiger partial charge on any atom is 0.191 e. The molecule has 0 radical (unpaired) electrons. The van der Waals surface area contributed by atoms with Gasteiger partial charge in [-0.15, -0.1) is 24.0 Å². The second kappa shape index (κ2) is 12.5. The van der Waals surface area contributed by atoms with Crippen molar-refractivity contribution >= 4 is 29.9 Å². The van der Waals surface area contributed by atoms with Crippen molar-refractivity contribution in [3.05, 3.63) is 35.1 Å². The number of benzene rings is 1. The minimum absolute atomic E-state index is 0. The third kappa shape index (κ3) is 7.54. The molecule has 0 bridgehead atoms. The molecule has 0 spiro atoms. The topological polar surface area (TPSA) is 54.9 Å². The molecule has 1 aromatic rings. The summed E-state index contributed by atoms with van der Waals surface area (Å²) in [5, 5.41) is 6.77. The minimum Gasteiger partial charge on any atom is -0.385 e. The van der Waals surface area contributed by atoms with Crippen molar-refractivity contribution in [3.63, 3.8) is 0 Å². The predicted octanol–water partition coefficient (Wildman–Crippen LogP) is 3.85. The van der Waals surface area contributed by atoms with Gasteiger partial charge in [0.25, 0.3) is 0 Å². The van der Waals surface area contributed by atoms with Crippen molar-refractivity contribution in [2.24, 2.45) is 10.4 Å². The summed E-state index contributed by atoms with van der Waals surface area (Å²) in [4.78, 5) is 4.66. The van der Waals surface area contributed by atoms with Crippen LogP contribution in [0.25, 0.3) is 0 Å². The van der Waals surface area contributed by atoms with Crippen LogP contribution in [-0.2, 0) is 22.6 Å². The van der Waals surface area contributed by atoms with Crippen LogP contribution in [0.3, 0.4) is 0 Å². The van der Waals surface area contributed by atoms with Gasteiger partial charge >= 0.3 is 0 Å². The van der Waals surface area contributed by atoms with Gasteiger partial charge in [0.1, 0.15) is 5.82 Å². The summed E-state index contributed by atoms with van der Waals surface area (Å²) >= 11 is 0. The lowest BCUT2D eigenvalue weighted by Gasteiger charge is -2.42. The number of hydrogen-bond donors (Lipinski definition) is 2. The first-order valence-corrected chi connectivity index (χ1v) is 9.40. The van der Waals surface area contributed by atoms with Crippen LogP contribution in [-0.4, -0.2) is 39.9 Å². The van der Waals surface area contributed by atoms with E-state index < -0.39 is 0 Å². The van der Waals surface area contributed by atoms with Crippen LogP contribution in [0.2, 0.25) is 0 Å². The summed E-state index contributed by atoms with van der Waals surface area (Å²) in [6, 6.07) is 5.07. The van der Waals surface area contributed by atoms with Gasteiger partial charge < -0.3 is 20.1 Å². The summed E-state index contributed by atoms with van der Waals surface area (Å²) in [7, 11) is 3.32. The molecule has 1 aliphatic carbocycles. The molecule has 0 atom stereocenters. The number of hydrogen-bond acceptors (Lipinski definition) is 3. The first-order chi connectivity index (χ1) is 12.6. The number of guanidine groups is 1. The highest BCUT2D eigenvalue weighted by Gasteiger charge is 2.36. The van der Waals surface area contributed by atoms with Gasteiger partial charge in [-0.25, -0.2) is 9.38 Å². The number of rotatable bonds is 10. The fourth-order valence-electron chi connectivity index (χ4n) is 3.29. The first-order valence-electron chi connectivity index (χ1n) is 9.40. The summed E-state index contributed by atoms with van der Waals surface area (Å²) in [6.07, 6.45) is 4.84. The SMILES string of the molecule is CCNC(=NCc1ccc(F)c(COC)c1)NCC1(CCOC)CCC1.I. The minimum atomic E-state index is -0.241. The van der Waals surface area contributed by atoms with Crippen molar-refractivity contribution in [1.82, 2.24) is 10.6 Å². The molecule has 7 heteroatoms. The van der Waals surface area contributed by atoms with E-state index in [2.05, 4.69) is 22.5 Å². The van der Waals surface area contributed by atoms with E-state index >= 15 is 0 Å². The normalized spacial score (nSPS) is 15.6. The van der Waals surface area contributed by atoms with E-state index in [9.17, 15) is 4.39 Å². The van der Waals surface area contributed by atoms with E-state index in [1.54, 1.807) is 20.3 Å². The number of methoxy groups -OCH3 is 2. The van der Waals surface area contributed by atoms with Crippen LogP contribution in [0.15, 0.2) is 23.2 Å². The highest BCUT2D eigenvalue weighted by Crippen LogP contribution is 2.43. The maximum absolute atomic E-state index is 13.7. The molecule has 1 aliphatic rings. The van der Waals surface area contributed by atoms with E-state index in [-0.39, 0.29) is 36.4 Å². The summed E-state index contributed by atoms with van der Waals surface area (Å²) in [5.74, 6) is 0.559. The molecular formula is C20H33FIN3O2. The van der Waals surface area contributed by atoms with Crippen LogP contribution in [0.1, 0.15) is 43.7 Å². The summed E-state index contributed by atoms with van der Waals surface area (Å²) < 4.78 is 24.0. The quantitative estimate of drug-likeness (QED) is 0.296. The Kier molecular flexibility index (Phi) is 11.2. The predicted molar refractivity (Wildman–Crippen MR) is 118 cm³/mol. The first kappa shape index (κ1) is 24.1. The number of aliphatic imine (C=N–C) groups is 1. The molecule has 1 fully saturated rings. The molecule has 1 saturated carbocycles. The Morgan fingerprint density at radius 1 is 1.22 bits per heavy atom. The largest absolute Gasteiger partial charge is 0.385 e. The number of halogens is 2. The molecule has 0 aliphatic heterocycles. The Balaban J connectivity index is 0.00000364. The highest BCUT2D eigenvalue weighted by atomic mass is 127. The number of nitrogens with one attached hydrogen (secondary N) is 2.